The van der Waals surface area contributed by atoms with Crippen molar-refractivity contribution in [3.05, 3.63) is 27.7 Å². The number of halogens is 2. The minimum atomic E-state index is -3.84. The highest BCUT2D eigenvalue weighted by Gasteiger charge is 2.30. The first-order valence-electron chi connectivity index (χ1n) is 8.36. The fourth-order valence-corrected chi connectivity index (χ4v) is 5.18. The number of carbonyl (C=O) groups excluding carboxylic acids is 1. The van der Waals surface area contributed by atoms with Crippen molar-refractivity contribution in [2.45, 2.75) is 23.8 Å². The number of hydrogen-bond acceptors (Lipinski definition) is 5. The van der Waals surface area contributed by atoms with Crippen LogP contribution in [0.15, 0.2) is 17.0 Å². The number of ether oxygens (including phenoxy) is 2. The summed E-state index contributed by atoms with van der Waals surface area (Å²) >= 11 is 12.2. The van der Waals surface area contributed by atoms with Gasteiger partial charge in [0.05, 0.1) is 34.9 Å². The molecule has 0 aromatic heterocycles. The van der Waals surface area contributed by atoms with Crippen molar-refractivity contribution in [3.63, 3.8) is 0 Å². The van der Waals surface area contributed by atoms with E-state index in [9.17, 15) is 13.2 Å². The zero-order valence-electron chi connectivity index (χ0n) is 14.0. The Morgan fingerprint density at radius 1 is 1.19 bits per heavy atom. The molecular formula is C16H20Cl2N2O5S. The molecule has 1 N–H and O–H groups in total. The topological polar surface area (TPSA) is 84.9 Å². The molecule has 0 unspecified atom stereocenters. The van der Waals surface area contributed by atoms with E-state index in [2.05, 4.69) is 5.32 Å². The zero-order valence-corrected chi connectivity index (χ0v) is 16.4. The molecule has 2 aliphatic heterocycles. The van der Waals surface area contributed by atoms with Gasteiger partial charge in [0.2, 0.25) is 10.0 Å². The number of sulfonamides is 1. The summed E-state index contributed by atoms with van der Waals surface area (Å²) < 4.78 is 37.6. The van der Waals surface area contributed by atoms with Crippen molar-refractivity contribution in [2.24, 2.45) is 0 Å². The molecule has 2 aliphatic rings. The molecule has 10 heteroatoms. The Morgan fingerprint density at radius 2 is 1.92 bits per heavy atom. The molecule has 2 fully saturated rings. The molecule has 0 bridgehead atoms. The van der Waals surface area contributed by atoms with E-state index in [-0.39, 0.29) is 39.7 Å². The highest BCUT2D eigenvalue weighted by Crippen LogP contribution is 2.31. The van der Waals surface area contributed by atoms with Crippen LogP contribution in [0, 0.1) is 0 Å². The SMILES string of the molecule is O=C(NC[C@@H]1CCCO1)c1cc(S(=O)(=O)N2CCOCC2)c(Cl)cc1Cl. The molecule has 0 spiro atoms. The number of carbonyl (C=O) groups is 1. The van der Waals surface area contributed by atoms with Crippen molar-refractivity contribution in [2.75, 3.05) is 39.5 Å². The molecule has 3 rings (SSSR count). The number of nitrogens with one attached hydrogen (secondary N) is 1. The Balaban J connectivity index is 1.82. The van der Waals surface area contributed by atoms with Crippen LogP contribution in [-0.4, -0.2) is 64.2 Å². The van der Waals surface area contributed by atoms with Gasteiger partial charge >= 0.3 is 0 Å². The lowest BCUT2D eigenvalue weighted by Crippen LogP contribution is -2.40. The minimum Gasteiger partial charge on any atom is -0.379 e. The van der Waals surface area contributed by atoms with Gasteiger partial charge in [0.25, 0.3) is 5.91 Å². The van der Waals surface area contributed by atoms with Gasteiger partial charge in [-0.15, -0.1) is 0 Å². The van der Waals surface area contributed by atoms with Crippen LogP contribution in [0.3, 0.4) is 0 Å². The summed E-state index contributed by atoms with van der Waals surface area (Å²) in [6, 6.07) is 2.53. The summed E-state index contributed by atoms with van der Waals surface area (Å²) in [6.07, 6.45) is 1.82. The smallest absolute Gasteiger partial charge is 0.252 e. The van der Waals surface area contributed by atoms with Crippen LogP contribution in [0.2, 0.25) is 10.0 Å². The Hall–Kier alpha value is -0.900. The number of morpholine rings is 1. The Bertz CT molecular complexity index is 775. The quantitative estimate of drug-likeness (QED) is 0.783. The molecule has 2 heterocycles. The number of rotatable bonds is 5. The van der Waals surface area contributed by atoms with E-state index in [0.29, 0.717) is 26.4 Å². The third-order valence-corrected chi connectivity index (χ3v) is 7.04. The molecule has 144 valence electrons. The lowest BCUT2D eigenvalue weighted by molar-refractivity contribution is 0.0730. The monoisotopic (exact) mass is 422 g/mol. The Kier molecular flexibility index (Phi) is 6.42. The van der Waals surface area contributed by atoms with Crippen LogP contribution < -0.4 is 5.32 Å². The summed E-state index contributed by atoms with van der Waals surface area (Å²) in [5.74, 6) is -0.458. The predicted molar refractivity (Wildman–Crippen MR) is 97.3 cm³/mol. The maximum atomic E-state index is 12.9. The summed E-state index contributed by atoms with van der Waals surface area (Å²) in [7, 11) is -3.84. The fraction of sp³-hybridized carbons (Fsp3) is 0.562. The van der Waals surface area contributed by atoms with Crippen LogP contribution in [0.1, 0.15) is 23.2 Å². The van der Waals surface area contributed by atoms with Crippen molar-refractivity contribution < 1.29 is 22.7 Å². The van der Waals surface area contributed by atoms with Crippen LogP contribution in [-0.2, 0) is 19.5 Å². The van der Waals surface area contributed by atoms with E-state index < -0.39 is 15.9 Å². The van der Waals surface area contributed by atoms with E-state index in [1.807, 2.05) is 0 Å². The average molecular weight is 423 g/mol. The lowest BCUT2D eigenvalue weighted by atomic mass is 10.2. The molecular weight excluding hydrogens is 403 g/mol. The van der Waals surface area contributed by atoms with Gasteiger partial charge in [-0.1, -0.05) is 23.2 Å². The molecule has 1 amide bonds. The summed E-state index contributed by atoms with van der Waals surface area (Å²) in [5, 5.41) is 2.82. The molecule has 1 aromatic rings. The maximum Gasteiger partial charge on any atom is 0.252 e. The second-order valence-corrected chi connectivity index (χ2v) is 8.84. The molecule has 1 atom stereocenters. The molecule has 7 nitrogen and oxygen atoms in total. The van der Waals surface area contributed by atoms with Gasteiger partial charge in [0.15, 0.2) is 0 Å². The highest BCUT2D eigenvalue weighted by molar-refractivity contribution is 7.89. The molecule has 0 saturated carbocycles. The first kappa shape index (κ1) is 19.9. The Morgan fingerprint density at radius 3 is 2.58 bits per heavy atom. The summed E-state index contributed by atoms with van der Waals surface area (Å²) in [5.41, 5.74) is 0.0703. The van der Waals surface area contributed by atoms with Gasteiger partial charge in [-0.2, -0.15) is 4.31 Å². The molecule has 0 aliphatic carbocycles. The van der Waals surface area contributed by atoms with Crippen LogP contribution in [0.25, 0.3) is 0 Å². The number of nitrogens with zero attached hydrogens (tertiary/aromatic N) is 1. The molecule has 2 saturated heterocycles. The second kappa shape index (κ2) is 8.41. The summed E-state index contributed by atoms with van der Waals surface area (Å²) in [6.45, 7) is 2.15. The fourth-order valence-electron chi connectivity index (χ4n) is 2.93. The van der Waals surface area contributed by atoms with Gasteiger partial charge < -0.3 is 14.8 Å². The van der Waals surface area contributed by atoms with Crippen LogP contribution in [0.5, 0.6) is 0 Å². The first-order chi connectivity index (χ1) is 12.4. The van der Waals surface area contributed by atoms with Gasteiger partial charge in [-0.3, -0.25) is 4.79 Å². The largest absolute Gasteiger partial charge is 0.379 e. The van der Waals surface area contributed by atoms with Crippen molar-refractivity contribution >= 4 is 39.1 Å². The number of hydrogen-bond donors (Lipinski definition) is 1. The standard InChI is InChI=1S/C16H20Cl2N2O5S/c17-13-9-14(18)15(26(22,23)20-3-6-24-7-4-20)8-12(13)16(21)19-10-11-2-1-5-25-11/h8-9,11H,1-7,10H2,(H,19,21)/t11-/m0/s1. The van der Waals surface area contributed by atoms with E-state index in [1.54, 1.807) is 0 Å². The zero-order chi connectivity index (χ0) is 18.7. The third-order valence-electron chi connectivity index (χ3n) is 4.37. The molecule has 1 aromatic carbocycles. The van der Waals surface area contributed by atoms with Crippen LogP contribution in [0.4, 0.5) is 0 Å². The van der Waals surface area contributed by atoms with Gasteiger partial charge in [0, 0.05) is 26.2 Å². The van der Waals surface area contributed by atoms with Crippen molar-refractivity contribution in [3.8, 4) is 0 Å². The van der Waals surface area contributed by atoms with Crippen molar-refractivity contribution in [1.82, 2.24) is 9.62 Å². The minimum absolute atomic E-state index is 0.0165. The second-order valence-electron chi connectivity index (χ2n) is 6.12. The maximum absolute atomic E-state index is 12.9. The molecule has 0 radical (unpaired) electrons. The number of amides is 1. The number of benzene rings is 1. The van der Waals surface area contributed by atoms with E-state index in [4.69, 9.17) is 32.7 Å². The normalized spacial score (nSPS) is 21.7. The summed E-state index contributed by atoms with van der Waals surface area (Å²) in [4.78, 5) is 12.3. The molecule has 26 heavy (non-hydrogen) atoms. The van der Waals surface area contributed by atoms with Gasteiger partial charge in [0.1, 0.15) is 4.90 Å². The Labute approximate surface area is 162 Å². The van der Waals surface area contributed by atoms with E-state index >= 15 is 0 Å². The highest BCUT2D eigenvalue weighted by atomic mass is 35.5. The predicted octanol–water partition coefficient (Wildman–Crippen LogP) is 1.92. The average Bonchev–Trinajstić information content (AvgIpc) is 3.14. The van der Waals surface area contributed by atoms with Gasteiger partial charge in [-0.25, -0.2) is 8.42 Å². The van der Waals surface area contributed by atoms with Crippen LogP contribution >= 0.6 is 23.2 Å². The third kappa shape index (κ3) is 4.32. The lowest BCUT2D eigenvalue weighted by Gasteiger charge is -2.26. The first-order valence-corrected chi connectivity index (χ1v) is 10.6. The van der Waals surface area contributed by atoms with Gasteiger partial charge in [-0.05, 0) is 25.0 Å². The van der Waals surface area contributed by atoms with E-state index in [0.717, 1.165) is 12.8 Å². The van der Waals surface area contributed by atoms with E-state index in [1.165, 1.54) is 16.4 Å². The van der Waals surface area contributed by atoms with Crippen molar-refractivity contribution in [1.29, 1.82) is 0 Å².